The number of halogens is 1. The van der Waals surface area contributed by atoms with E-state index in [9.17, 15) is 14.4 Å². The number of carbonyl (C=O) groups excluding carboxylic acids is 3. The van der Waals surface area contributed by atoms with E-state index in [0.29, 0.717) is 22.7 Å². The van der Waals surface area contributed by atoms with Crippen molar-refractivity contribution >= 4 is 40.8 Å². The van der Waals surface area contributed by atoms with E-state index in [1.807, 2.05) is 12.1 Å². The summed E-state index contributed by atoms with van der Waals surface area (Å²) in [6.45, 7) is 6.34. The van der Waals surface area contributed by atoms with Crippen molar-refractivity contribution in [3.8, 4) is 5.75 Å². The molecule has 2 amide bonds. The SMILES string of the molecule is CC(C)(C)c1ccc(OC(=O)c2ccc(NC3=C(Cl)C(=O)N(c4ccccc4)C3=O)cc2)cc1. The number of carbonyl (C=O) groups is 3. The van der Waals surface area contributed by atoms with Crippen LogP contribution in [0.2, 0.25) is 0 Å². The molecular weight excluding hydrogens is 452 g/mol. The van der Waals surface area contributed by atoms with Gasteiger partial charge in [0.15, 0.2) is 0 Å². The van der Waals surface area contributed by atoms with Crippen LogP contribution in [0.5, 0.6) is 5.75 Å². The van der Waals surface area contributed by atoms with Crippen LogP contribution >= 0.6 is 11.6 Å². The molecule has 1 N–H and O–H groups in total. The normalized spacial score (nSPS) is 13.9. The molecule has 7 heteroatoms. The predicted octanol–water partition coefficient (Wildman–Crippen LogP) is 5.64. The lowest BCUT2D eigenvalue weighted by molar-refractivity contribution is -0.120. The van der Waals surface area contributed by atoms with Gasteiger partial charge in [0.05, 0.1) is 11.3 Å². The van der Waals surface area contributed by atoms with E-state index < -0.39 is 17.8 Å². The van der Waals surface area contributed by atoms with Crippen LogP contribution in [0, 0.1) is 0 Å². The largest absolute Gasteiger partial charge is 0.423 e. The quantitative estimate of drug-likeness (QED) is 0.294. The van der Waals surface area contributed by atoms with Crippen molar-refractivity contribution in [1.29, 1.82) is 0 Å². The smallest absolute Gasteiger partial charge is 0.343 e. The minimum Gasteiger partial charge on any atom is -0.423 e. The van der Waals surface area contributed by atoms with E-state index in [1.54, 1.807) is 66.7 Å². The Balaban J connectivity index is 1.44. The van der Waals surface area contributed by atoms with Crippen molar-refractivity contribution in [3.05, 3.63) is 101 Å². The van der Waals surface area contributed by atoms with Gasteiger partial charge in [-0.2, -0.15) is 0 Å². The lowest BCUT2D eigenvalue weighted by Gasteiger charge is -2.19. The van der Waals surface area contributed by atoms with E-state index in [4.69, 9.17) is 16.3 Å². The van der Waals surface area contributed by atoms with Crippen LogP contribution in [0.4, 0.5) is 11.4 Å². The molecule has 1 aliphatic rings. The molecule has 0 fully saturated rings. The maximum Gasteiger partial charge on any atom is 0.343 e. The third-order valence-corrected chi connectivity index (χ3v) is 5.71. The molecule has 0 saturated carbocycles. The van der Waals surface area contributed by atoms with Crippen LogP contribution in [0.3, 0.4) is 0 Å². The summed E-state index contributed by atoms with van der Waals surface area (Å²) in [5.74, 6) is -1.20. The van der Waals surface area contributed by atoms with Gasteiger partial charge in [-0.1, -0.05) is 62.7 Å². The molecule has 0 bridgehead atoms. The fraction of sp³-hybridized carbons (Fsp3) is 0.148. The zero-order valence-electron chi connectivity index (χ0n) is 19.0. The average molecular weight is 475 g/mol. The van der Waals surface area contributed by atoms with Crippen molar-refractivity contribution < 1.29 is 19.1 Å². The number of amides is 2. The number of rotatable bonds is 5. The van der Waals surface area contributed by atoms with Gasteiger partial charge in [0, 0.05) is 5.69 Å². The first-order valence-electron chi connectivity index (χ1n) is 10.7. The number of ether oxygens (including phenoxy) is 1. The summed E-state index contributed by atoms with van der Waals surface area (Å²) in [5, 5.41) is 2.69. The van der Waals surface area contributed by atoms with Crippen LogP contribution in [-0.4, -0.2) is 17.8 Å². The lowest BCUT2D eigenvalue weighted by atomic mass is 9.87. The highest BCUT2D eigenvalue weighted by Crippen LogP contribution is 2.30. The molecule has 0 spiro atoms. The number of nitrogens with zero attached hydrogens (tertiary/aromatic N) is 1. The maximum absolute atomic E-state index is 12.8. The zero-order valence-corrected chi connectivity index (χ0v) is 19.7. The first-order valence-corrected chi connectivity index (χ1v) is 11.1. The van der Waals surface area contributed by atoms with Gasteiger partial charge >= 0.3 is 5.97 Å². The van der Waals surface area contributed by atoms with Crippen molar-refractivity contribution in [2.75, 3.05) is 10.2 Å². The van der Waals surface area contributed by atoms with Crippen molar-refractivity contribution in [1.82, 2.24) is 0 Å². The molecule has 0 atom stereocenters. The molecule has 6 nitrogen and oxygen atoms in total. The van der Waals surface area contributed by atoms with Crippen LogP contribution in [0.1, 0.15) is 36.7 Å². The third kappa shape index (κ3) is 4.72. The monoisotopic (exact) mass is 474 g/mol. The van der Waals surface area contributed by atoms with Crippen molar-refractivity contribution in [2.45, 2.75) is 26.2 Å². The molecule has 172 valence electrons. The predicted molar refractivity (Wildman–Crippen MR) is 132 cm³/mol. The standard InChI is InChI=1S/C27H23ClN2O4/c1-27(2,3)18-11-15-21(16-12-18)34-26(33)17-9-13-19(14-10-17)29-23-22(28)24(31)30(25(23)32)20-7-5-4-6-8-20/h4-16,29H,1-3H3. The molecule has 3 aromatic rings. The van der Waals surface area contributed by atoms with Gasteiger partial charge in [0.2, 0.25) is 0 Å². The van der Waals surface area contributed by atoms with Gasteiger partial charge < -0.3 is 10.1 Å². The first-order chi connectivity index (χ1) is 16.1. The van der Waals surface area contributed by atoms with Gasteiger partial charge in [-0.25, -0.2) is 9.69 Å². The summed E-state index contributed by atoms with van der Waals surface area (Å²) < 4.78 is 5.46. The topological polar surface area (TPSA) is 75.7 Å². The molecule has 0 aromatic heterocycles. The van der Waals surface area contributed by atoms with E-state index >= 15 is 0 Å². The molecule has 0 radical (unpaired) electrons. The second kappa shape index (κ2) is 9.15. The molecule has 1 aliphatic heterocycles. The minimum absolute atomic E-state index is 0.00709. The fourth-order valence-electron chi connectivity index (χ4n) is 3.45. The van der Waals surface area contributed by atoms with E-state index in [1.165, 1.54) is 0 Å². The summed E-state index contributed by atoms with van der Waals surface area (Å²) in [6.07, 6.45) is 0. The third-order valence-electron chi connectivity index (χ3n) is 5.36. The average Bonchev–Trinajstić information content (AvgIpc) is 3.03. The summed E-state index contributed by atoms with van der Waals surface area (Å²) in [5.41, 5.74) is 2.39. The molecule has 1 heterocycles. The number of anilines is 2. The number of hydrogen-bond acceptors (Lipinski definition) is 5. The number of para-hydroxylation sites is 1. The second-order valence-electron chi connectivity index (χ2n) is 8.84. The number of hydrogen-bond donors (Lipinski definition) is 1. The van der Waals surface area contributed by atoms with Crippen LogP contribution in [-0.2, 0) is 15.0 Å². The van der Waals surface area contributed by atoms with Crippen LogP contribution < -0.4 is 15.0 Å². The van der Waals surface area contributed by atoms with Crippen LogP contribution in [0.25, 0.3) is 0 Å². The molecule has 34 heavy (non-hydrogen) atoms. The summed E-state index contributed by atoms with van der Waals surface area (Å²) in [6, 6.07) is 22.3. The van der Waals surface area contributed by atoms with Gasteiger partial charge in [-0.05, 0) is 59.5 Å². The highest BCUT2D eigenvalue weighted by molar-refractivity contribution is 6.53. The molecule has 4 rings (SSSR count). The molecule has 3 aromatic carbocycles. The van der Waals surface area contributed by atoms with E-state index in [2.05, 4.69) is 26.1 Å². The van der Waals surface area contributed by atoms with Gasteiger partial charge in [0.1, 0.15) is 16.5 Å². The molecule has 0 saturated heterocycles. The van der Waals surface area contributed by atoms with E-state index in [0.717, 1.165) is 10.5 Å². The first kappa shape index (κ1) is 23.3. The summed E-state index contributed by atoms with van der Waals surface area (Å²) in [7, 11) is 0. The summed E-state index contributed by atoms with van der Waals surface area (Å²) in [4.78, 5) is 38.9. The molecular formula is C27H23ClN2O4. The number of esters is 1. The van der Waals surface area contributed by atoms with Crippen molar-refractivity contribution in [2.24, 2.45) is 0 Å². The Kier molecular flexibility index (Phi) is 6.26. The van der Waals surface area contributed by atoms with Crippen molar-refractivity contribution in [3.63, 3.8) is 0 Å². The maximum atomic E-state index is 12.8. The Morgan fingerprint density at radius 2 is 1.47 bits per heavy atom. The Morgan fingerprint density at radius 3 is 2.06 bits per heavy atom. The highest BCUT2D eigenvalue weighted by atomic mass is 35.5. The number of benzene rings is 3. The van der Waals surface area contributed by atoms with Gasteiger partial charge in [-0.15, -0.1) is 0 Å². The highest BCUT2D eigenvalue weighted by Gasteiger charge is 2.38. The Morgan fingerprint density at radius 1 is 0.853 bits per heavy atom. The second-order valence-corrected chi connectivity index (χ2v) is 9.21. The molecule has 0 aliphatic carbocycles. The Labute approximate surface area is 202 Å². The zero-order chi connectivity index (χ0) is 24.5. The fourth-order valence-corrected chi connectivity index (χ4v) is 3.66. The molecule has 0 unspecified atom stereocenters. The number of nitrogens with one attached hydrogen (secondary N) is 1. The van der Waals surface area contributed by atoms with Gasteiger partial charge in [-0.3, -0.25) is 9.59 Å². The lowest BCUT2D eigenvalue weighted by Crippen LogP contribution is -2.32. The van der Waals surface area contributed by atoms with E-state index in [-0.39, 0.29) is 16.1 Å². The van der Waals surface area contributed by atoms with Crippen LogP contribution in [0.15, 0.2) is 89.6 Å². The minimum atomic E-state index is -0.599. The summed E-state index contributed by atoms with van der Waals surface area (Å²) >= 11 is 6.16. The Hall–Kier alpha value is -3.90. The Bertz CT molecular complexity index is 1270. The van der Waals surface area contributed by atoms with Gasteiger partial charge in [0.25, 0.3) is 11.8 Å². The number of imide groups is 1.